The Morgan fingerprint density at radius 2 is 0.882 bits per heavy atom. The summed E-state index contributed by atoms with van der Waals surface area (Å²) in [4.78, 5) is 1.34. The average molecular weight is 675 g/mol. The molecule has 0 spiro atoms. The van der Waals surface area contributed by atoms with E-state index in [-0.39, 0.29) is 16.2 Å². The molecule has 11 rings (SSSR count). The van der Waals surface area contributed by atoms with Gasteiger partial charge in [0.1, 0.15) is 11.3 Å². The summed E-state index contributed by atoms with van der Waals surface area (Å²) in [5.41, 5.74) is 19.9. The van der Waals surface area contributed by atoms with E-state index in [1.165, 1.54) is 87.3 Å². The van der Waals surface area contributed by atoms with Crippen LogP contribution in [0.3, 0.4) is 0 Å². The van der Waals surface area contributed by atoms with E-state index in [9.17, 15) is 0 Å². The summed E-state index contributed by atoms with van der Waals surface area (Å²) in [5.74, 6) is 0.928. The fourth-order valence-corrected chi connectivity index (χ4v) is 10.8. The van der Waals surface area contributed by atoms with Crippen molar-refractivity contribution in [3.05, 3.63) is 155 Å². The van der Waals surface area contributed by atoms with Crippen LogP contribution in [0.2, 0.25) is 0 Å². The SMILES string of the molecule is CC1(C)c2cc(-c3cc4ccccc4o3)ccc2-c2cc3c(cc21)-c1cc2c(cc1C3(C)C)-c1ccc(-c3cc4ccccc4s3)cc1C2(C)C. The van der Waals surface area contributed by atoms with Crippen molar-refractivity contribution in [2.24, 2.45) is 0 Å². The van der Waals surface area contributed by atoms with Crippen LogP contribution in [-0.4, -0.2) is 0 Å². The molecule has 0 N–H and O–H groups in total. The van der Waals surface area contributed by atoms with Gasteiger partial charge in [-0.2, -0.15) is 0 Å². The summed E-state index contributed by atoms with van der Waals surface area (Å²) < 4.78 is 7.65. The number of thiophene rings is 1. The topological polar surface area (TPSA) is 13.1 Å². The number of benzene rings is 6. The molecule has 3 aliphatic rings. The second-order valence-electron chi connectivity index (χ2n) is 16.6. The zero-order valence-electron chi connectivity index (χ0n) is 29.9. The van der Waals surface area contributed by atoms with E-state index in [2.05, 4.69) is 151 Å². The first-order valence-electron chi connectivity index (χ1n) is 18.2. The zero-order valence-corrected chi connectivity index (χ0v) is 30.7. The molecule has 8 aromatic rings. The Balaban J connectivity index is 1.02. The summed E-state index contributed by atoms with van der Waals surface area (Å²) in [6, 6.07) is 45.8. The predicted molar refractivity (Wildman–Crippen MR) is 215 cm³/mol. The summed E-state index contributed by atoms with van der Waals surface area (Å²) in [5, 5.41) is 2.46. The first kappa shape index (κ1) is 29.5. The van der Waals surface area contributed by atoms with Crippen LogP contribution in [0.15, 0.2) is 126 Å². The lowest BCUT2D eigenvalue weighted by atomic mass is 9.78. The van der Waals surface area contributed by atoms with E-state index in [1.807, 2.05) is 23.5 Å². The van der Waals surface area contributed by atoms with E-state index in [4.69, 9.17) is 4.42 Å². The Hall–Kier alpha value is -5.18. The van der Waals surface area contributed by atoms with E-state index < -0.39 is 0 Å². The van der Waals surface area contributed by atoms with Crippen molar-refractivity contribution in [1.82, 2.24) is 0 Å². The van der Waals surface area contributed by atoms with E-state index in [1.54, 1.807) is 0 Å². The van der Waals surface area contributed by atoms with E-state index >= 15 is 0 Å². The van der Waals surface area contributed by atoms with Gasteiger partial charge in [0.15, 0.2) is 0 Å². The van der Waals surface area contributed by atoms with Crippen LogP contribution in [0.4, 0.5) is 0 Å². The van der Waals surface area contributed by atoms with E-state index in [0.29, 0.717) is 0 Å². The Kier molecular flexibility index (Phi) is 5.54. The highest BCUT2D eigenvalue weighted by Crippen LogP contribution is 2.59. The molecule has 0 saturated carbocycles. The lowest BCUT2D eigenvalue weighted by molar-refractivity contribution is 0.630. The molecule has 0 aliphatic heterocycles. The summed E-state index contributed by atoms with van der Waals surface area (Å²) >= 11 is 1.89. The molecule has 0 fully saturated rings. The Morgan fingerprint density at radius 1 is 0.412 bits per heavy atom. The van der Waals surface area contributed by atoms with Gasteiger partial charge in [-0.3, -0.25) is 0 Å². The van der Waals surface area contributed by atoms with Crippen molar-refractivity contribution in [2.75, 3.05) is 0 Å². The van der Waals surface area contributed by atoms with Crippen LogP contribution in [-0.2, 0) is 16.2 Å². The highest BCUT2D eigenvalue weighted by molar-refractivity contribution is 7.22. The van der Waals surface area contributed by atoms with Crippen molar-refractivity contribution in [2.45, 2.75) is 57.8 Å². The maximum atomic E-state index is 6.31. The van der Waals surface area contributed by atoms with Gasteiger partial charge < -0.3 is 4.42 Å². The van der Waals surface area contributed by atoms with Crippen molar-refractivity contribution >= 4 is 32.4 Å². The van der Waals surface area contributed by atoms with Gasteiger partial charge in [-0.05, 0) is 138 Å². The quantitative estimate of drug-likeness (QED) is 0.178. The number of para-hydroxylation sites is 1. The number of hydrogen-bond donors (Lipinski definition) is 0. The lowest BCUT2D eigenvalue weighted by Gasteiger charge is -2.25. The van der Waals surface area contributed by atoms with Crippen molar-refractivity contribution in [3.8, 4) is 55.1 Å². The number of hydrogen-bond acceptors (Lipinski definition) is 2. The van der Waals surface area contributed by atoms with Crippen LogP contribution >= 0.6 is 11.3 Å². The fraction of sp³-hybridized carbons (Fsp3) is 0.184. The van der Waals surface area contributed by atoms with E-state index in [0.717, 1.165) is 22.3 Å². The van der Waals surface area contributed by atoms with Crippen LogP contribution in [0.1, 0.15) is 74.9 Å². The molecule has 2 heteroatoms. The van der Waals surface area contributed by atoms with Gasteiger partial charge in [-0.25, -0.2) is 0 Å². The molecular formula is C49H38OS. The molecule has 0 saturated heterocycles. The molecular weight excluding hydrogens is 637 g/mol. The molecule has 2 aromatic heterocycles. The number of furan rings is 1. The van der Waals surface area contributed by atoms with Crippen LogP contribution in [0.25, 0.3) is 76.2 Å². The van der Waals surface area contributed by atoms with Gasteiger partial charge in [0, 0.05) is 36.8 Å². The molecule has 1 nitrogen and oxygen atoms in total. The van der Waals surface area contributed by atoms with Gasteiger partial charge >= 0.3 is 0 Å². The summed E-state index contributed by atoms with van der Waals surface area (Å²) in [7, 11) is 0. The molecule has 2 heterocycles. The third-order valence-electron chi connectivity index (χ3n) is 12.7. The summed E-state index contributed by atoms with van der Waals surface area (Å²) in [6.45, 7) is 14.5. The lowest BCUT2D eigenvalue weighted by Crippen LogP contribution is -2.17. The molecule has 0 unspecified atom stereocenters. The molecule has 0 bridgehead atoms. The number of rotatable bonds is 2. The maximum Gasteiger partial charge on any atom is 0.135 e. The van der Waals surface area contributed by atoms with Gasteiger partial charge in [0.05, 0.1) is 0 Å². The highest BCUT2D eigenvalue weighted by Gasteiger charge is 2.44. The third-order valence-corrected chi connectivity index (χ3v) is 13.9. The standard InChI is InChI=1S/C49H38OS/c1-47(2)37-19-28(44-21-27-11-7-9-13-43(27)50-44)15-17-31(37)33-23-41-35(25-39(33)47)36-26-40-34(24-42(36)49(41,5)6)32-18-16-30(20-38(32)48(40,3)4)46-22-29-12-8-10-14-45(29)51-46/h7-26H,1-6H3. The van der Waals surface area contributed by atoms with Crippen molar-refractivity contribution in [3.63, 3.8) is 0 Å². The zero-order chi connectivity index (χ0) is 34.6. The van der Waals surface area contributed by atoms with Crippen LogP contribution < -0.4 is 0 Å². The molecule has 246 valence electrons. The maximum absolute atomic E-state index is 6.31. The largest absolute Gasteiger partial charge is 0.456 e. The van der Waals surface area contributed by atoms with Gasteiger partial charge in [-0.15, -0.1) is 11.3 Å². The minimum Gasteiger partial charge on any atom is -0.456 e. The average Bonchev–Trinajstić information content (AvgIpc) is 3.90. The second-order valence-corrected chi connectivity index (χ2v) is 17.7. The van der Waals surface area contributed by atoms with Gasteiger partial charge in [0.2, 0.25) is 0 Å². The third kappa shape index (κ3) is 3.81. The van der Waals surface area contributed by atoms with Crippen LogP contribution in [0.5, 0.6) is 0 Å². The molecule has 3 aliphatic carbocycles. The molecule has 0 amide bonds. The van der Waals surface area contributed by atoms with Gasteiger partial charge in [0.25, 0.3) is 0 Å². The summed E-state index contributed by atoms with van der Waals surface area (Å²) in [6.07, 6.45) is 0. The Bertz CT molecular complexity index is 2570. The molecule has 51 heavy (non-hydrogen) atoms. The fourth-order valence-electron chi connectivity index (χ4n) is 9.74. The predicted octanol–water partition coefficient (Wildman–Crippen LogP) is 13.9. The highest BCUT2D eigenvalue weighted by atomic mass is 32.1. The Morgan fingerprint density at radius 3 is 1.45 bits per heavy atom. The second kappa shape index (κ2) is 9.57. The first-order chi connectivity index (χ1) is 24.5. The normalized spacial score (nSPS) is 16.5. The molecule has 0 atom stereocenters. The first-order valence-corrected chi connectivity index (χ1v) is 19.0. The Labute approximate surface area is 303 Å². The molecule has 6 aromatic carbocycles. The molecule has 0 radical (unpaired) electrons. The smallest absolute Gasteiger partial charge is 0.135 e. The monoisotopic (exact) mass is 674 g/mol. The minimum atomic E-state index is -0.135. The minimum absolute atomic E-state index is 0.0986. The van der Waals surface area contributed by atoms with Crippen molar-refractivity contribution < 1.29 is 4.42 Å². The van der Waals surface area contributed by atoms with Crippen molar-refractivity contribution in [1.29, 1.82) is 0 Å². The van der Waals surface area contributed by atoms with Crippen LogP contribution in [0, 0.1) is 0 Å². The number of fused-ring (bicyclic) bond motifs is 11. The van der Waals surface area contributed by atoms with Gasteiger partial charge in [-0.1, -0.05) is 102 Å².